The lowest BCUT2D eigenvalue weighted by Crippen LogP contribution is -2.26. The van der Waals surface area contributed by atoms with Gasteiger partial charge in [0.25, 0.3) is 5.78 Å². The minimum absolute atomic E-state index is 0.0690. The van der Waals surface area contributed by atoms with Gasteiger partial charge >= 0.3 is 0 Å². The van der Waals surface area contributed by atoms with Crippen LogP contribution < -0.4 is 4.90 Å². The minimum Gasteiger partial charge on any atom is -0.325 e. The van der Waals surface area contributed by atoms with Gasteiger partial charge in [0, 0.05) is 17.6 Å². The molecule has 1 aliphatic heterocycles. The number of benzene rings is 2. The second-order valence-electron chi connectivity index (χ2n) is 6.55. The van der Waals surface area contributed by atoms with E-state index in [1.54, 1.807) is 16.8 Å². The molecule has 0 fully saturated rings. The molecule has 0 aliphatic carbocycles. The van der Waals surface area contributed by atoms with Gasteiger partial charge < -0.3 is 4.90 Å². The fraction of sp³-hybridized carbons (Fsp3) is 0.211. The normalized spacial score (nSPS) is 14.2. The molecule has 0 amide bonds. The highest BCUT2D eigenvalue weighted by atomic mass is 35.5. The van der Waals surface area contributed by atoms with E-state index in [0.717, 1.165) is 30.6 Å². The zero-order valence-corrected chi connectivity index (χ0v) is 14.8. The third-order valence-electron chi connectivity index (χ3n) is 5.02. The molecule has 26 heavy (non-hydrogen) atoms. The standard InChI is InChI=1S/C19H15ClFN5/c1-11-4-2-6-16-12(11)5-3-7-25(16)18-13-8-15(21)14(20)9-17(13)26-10-22-24-19(26)23-18/h2,4,6,8-10H,3,5,7H2,1H3. The Bertz CT molecular complexity index is 1170. The number of rotatable bonds is 1. The molecule has 0 unspecified atom stereocenters. The van der Waals surface area contributed by atoms with Crippen LogP contribution in [0.3, 0.4) is 0 Å². The average molecular weight is 368 g/mol. The quantitative estimate of drug-likeness (QED) is 0.498. The van der Waals surface area contributed by atoms with Crippen LogP contribution in [0.5, 0.6) is 0 Å². The van der Waals surface area contributed by atoms with E-state index in [0.29, 0.717) is 17.0 Å². The summed E-state index contributed by atoms with van der Waals surface area (Å²) in [6, 6.07) is 9.31. The van der Waals surface area contributed by atoms with E-state index in [9.17, 15) is 4.39 Å². The molecule has 7 heteroatoms. The molecule has 4 aromatic rings. The van der Waals surface area contributed by atoms with Crippen LogP contribution in [0, 0.1) is 12.7 Å². The van der Waals surface area contributed by atoms with Crippen molar-refractivity contribution in [2.24, 2.45) is 0 Å². The first kappa shape index (κ1) is 15.5. The summed E-state index contributed by atoms with van der Waals surface area (Å²) in [5.41, 5.74) is 4.42. The van der Waals surface area contributed by atoms with E-state index in [1.807, 2.05) is 6.07 Å². The molecule has 0 atom stereocenters. The Morgan fingerprint density at radius 3 is 3.00 bits per heavy atom. The van der Waals surface area contributed by atoms with E-state index in [-0.39, 0.29) is 5.02 Å². The first-order chi connectivity index (χ1) is 12.6. The lowest BCUT2D eigenvalue weighted by molar-refractivity contribution is 0.630. The molecule has 0 spiro atoms. The van der Waals surface area contributed by atoms with Crippen molar-refractivity contribution in [3.63, 3.8) is 0 Å². The van der Waals surface area contributed by atoms with Crippen LogP contribution >= 0.6 is 11.6 Å². The minimum atomic E-state index is -0.462. The van der Waals surface area contributed by atoms with Crippen LogP contribution in [0.1, 0.15) is 17.5 Å². The maximum Gasteiger partial charge on any atom is 0.257 e. The Labute approximate surface area is 154 Å². The fourth-order valence-corrected chi connectivity index (χ4v) is 3.93. The van der Waals surface area contributed by atoms with Gasteiger partial charge in [0.05, 0.1) is 10.5 Å². The van der Waals surface area contributed by atoms with Crippen molar-refractivity contribution in [3.05, 3.63) is 58.6 Å². The summed E-state index contributed by atoms with van der Waals surface area (Å²) < 4.78 is 16.0. The van der Waals surface area contributed by atoms with Gasteiger partial charge in [-0.05, 0) is 49.1 Å². The highest BCUT2D eigenvalue weighted by Gasteiger charge is 2.24. The van der Waals surface area contributed by atoms with Crippen molar-refractivity contribution < 1.29 is 4.39 Å². The molecule has 2 aromatic heterocycles. The lowest BCUT2D eigenvalue weighted by atomic mass is 9.97. The van der Waals surface area contributed by atoms with Crippen molar-refractivity contribution in [1.29, 1.82) is 0 Å². The molecule has 0 bridgehead atoms. The Morgan fingerprint density at radius 1 is 1.23 bits per heavy atom. The number of halogens is 2. The molecule has 130 valence electrons. The maximum absolute atomic E-state index is 14.3. The molecule has 0 radical (unpaired) electrons. The van der Waals surface area contributed by atoms with E-state index in [2.05, 4.69) is 34.2 Å². The van der Waals surface area contributed by atoms with Gasteiger partial charge in [0.15, 0.2) is 0 Å². The van der Waals surface area contributed by atoms with Crippen LogP contribution in [0.2, 0.25) is 5.02 Å². The van der Waals surface area contributed by atoms with Crippen LogP contribution in [-0.2, 0) is 6.42 Å². The summed E-state index contributed by atoms with van der Waals surface area (Å²) in [7, 11) is 0. The van der Waals surface area contributed by atoms with Gasteiger partial charge in [-0.25, -0.2) is 4.39 Å². The number of hydrogen-bond acceptors (Lipinski definition) is 4. The molecule has 5 nitrogen and oxygen atoms in total. The van der Waals surface area contributed by atoms with Crippen LogP contribution in [0.25, 0.3) is 16.7 Å². The smallest absolute Gasteiger partial charge is 0.257 e. The third kappa shape index (κ3) is 2.18. The Morgan fingerprint density at radius 2 is 2.12 bits per heavy atom. The topological polar surface area (TPSA) is 46.3 Å². The van der Waals surface area contributed by atoms with Crippen molar-refractivity contribution in [2.45, 2.75) is 19.8 Å². The summed E-state index contributed by atoms with van der Waals surface area (Å²) in [6.45, 7) is 2.93. The van der Waals surface area contributed by atoms with Crippen molar-refractivity contribution >= 4 is 39.8 Å². The number of nitrogens with zero attached hydrogens (tertiary/aromatic N) is 5. The summed E-state index contributed by atoms with van der Waals surface area (Å²) in [4.78, 5) is 6.84. The first-order valence-corrected chi connectivity index (χ1v) is 8.86. The fourth-order valence-electron chi connectivity index (χ4n) is 3.77. The lowest BCUT2D eigenvalue weighted by Gasteiger charge is -2.32. The van der Waals surface area contributed by atoms with Crippen LogP contribution in [-0.4, -0.2) is 26.1 Å². The number of fused-ring (bicyclic) bond motifs is 4. The summed E-state index contributed by atoms with van der Waals surface area (Å²) >= 11 is 6.03. The second-order valence-corrected chi connectivity index (χ2v) is 6.95. The number of anilines is 2. The van der Waals surface area contributed by atoms with Gasteiger partial charge in [0.1, 0.15) is 18.0 Å². The van der Waals surface area contributed by atoms with Gasteiger partial charge in [-0.1, -0.05) is 23.7 Å². The van der Waals surface area contributed by atoms with Crippen molar-refractivity contribution in [1.82, 2.24) is 19.6 Å². The molecular weight excluding hydrogens is 353 g/mol. The zero-order chi connectivity index (χ0) is 17.8. The Hall–Kier alpha value is -2.73. The second kappa shape index (κ2) is 5.64. The van der Waals surface area contributed by atoms with E-state index < -0.39 is 5.82 Å². The molecule has 1 aliphatic rings. The molecule has 3 heterocycles. The molecule has 0 N–H and O–H groups in total. The van der Waals surface area contributed by atoms with E-state index in [1.165, 1.54) is 17.2 Å². The highest BCUT2D eigenvalue weighted by molar-refractivity contribution is 6.31. The van der Waals surface area contributed by atoms with Gasteiger partial charge in [-0.15, -0.1) is 10.2 Å². The summed E-state index contributed by atoms with van der Waals surface area (Å²) in [6.07, 6.45) is 3.61. The highest BCUT2D eigenvalue weighted by Crippen LogP contribution is 2.38. The number of aryl methyl sites for hydroxylation is 1. The molecular formula is C19H15ClFN5. The van der Waals surface area contributed by atoms with Crippen molar-refractivity contribution in [3.8, 4) is 0 Å². The SMILES string of the molecule is Cc1cccc2c1CCCN2c1nc2nncn2c2cc(Cl)c(F)cc12. The first-order valence-electron chi connectivity index (χ1n) is 8.48. The van der Waals surface area contributed by atoms with Gasteiger partial charge in [0.2, 0.25) is 0 Å². The summed E-state index contributed by atoms with van der Waals surface area (Å²) in [5, 5.41) is 8.79. The number of aromatic nitrogens is 4. The predicted octanol–water partition coefficient (Wildman–Crippen LogP) is 4.46. The maximum atomic E-state index is 14.3. The molecule has 5 rings (SSSR count). The molecule has 0 saturated heterocycles. The number of hydrogen-bond donors (Lipinski definition) is 0. The van der Waals surface area contributed by atoms with E-state index >= 15 is 0 Å². The van der Waals surface area contributed by atoms with E-state index in [4.69, 9.17) is 16.6 Å². The van der Waals surface area contributed by atoms with Crippen molar-refractivity contribution in [2.75, 3.05) is 11.4 Å². The third-order valence-corrected chi connectivity index (χ3v) is 5.30. The molecule has 2 aromatic carbocycles. The van der Waals surface area contributed by atoms with Crippen LogP contribution in [0.15, 0.2) is 36.7 Å². The Kier molecular flexibility index (Phi) is 3.37. The summed E-state index contributed by atoms with van der Waals surface area (Å²) in [5.74, 6) is 0.689. The monoisotopic (exact) mass is 367 g/mol. The Balaban J connectivity index is 1.85. The van der Waals surface area contributed by atoms with Crippen LogP contribution in [0.4, 0.5) is 15.9 Å². The average Bonchev–Trinajstić information content (AvgIpc) is 3.11. The largest absolute Gasteiger partial charge is 0.325 e. The van der Waals surface area contributed by atoms with Gasteiger partial charge in [-0.2, -0.15) is 4.98 Å². The predicted molar refractivity (Wildman–Crippen MR) is 99.8 cm³/mol. The molecule has 0 saturated carbocycles. The zero-order valence-electron chi connectivity index (χ0n) is 14.1. The van der Waals surface area contributed by atoms with Gasteiger partial charge in [-0.3, -0.25) is 4.40 Å².